The molecule has 0 radical (unpaired) electrons. The number of carbonyl (C=O) groups excluding carboxylic acids is 1. The normalized spacial score (nSPS) is 15.7. The molecule has 1 fully saturated rings. The first-order valence-corrected chi connectivity index (χ1v) is 6.71. The van der Waals surface area contributed by atoms with Crippen molar-refractivity contribution >= 4 is 5.91 Å². The van der Waals surface area contributed by atoms with Crippen LogP contribution in [0.1, 0.15) is 24.1 Å². The van der Waals surface area contributed by atoms with Gasteiger partial charge in [0.1, 0.15) is 17.9 Å². The minimum absolute atomic E-state index is 0.123. The minimum atomic E-state index is -0.595. The molecule has 1 saturated carbocycles. The van der Waals surface area contributed by atoms with Gasteiger partial charge in [-0.25, -0.2) is 8.78 Å². The summed E-state index contributed by atoms with van der Waals surface area (Å²) in [5.74, 6) is -1.35. The Morgan fingerprint density at radius 1 is 1.33 bits per heavy atom. The molecular formula is C15H14F2N2O2. The molecule has 1 aromatic carbocycles. The topological polar surface area (TPSA) is 55.1 Å². The summed E-state index contributed by atoms with van der Waals surface area (Å²) in [6.07, 6.45) is 3.08. The van der Waals surface area contributed by atoms with Crippen LogP contribution in [0.3, 0.4) is 0 Å². The van der Waals surface area contributed by atoms with Gasteiger partial charge in [0, 0.05) is 24.1 Å². The fourth-order valence-electron chi connectivity index (χ4n) is 2.44. The van der Waals surface area contributed by atoms with E-state index >= 15 is 0 Å². The van der Waals surface area contributed by atoms with Gasteiger partial charge in [0.25, 0.3) is 0 Å². The highest BCUT2D eigenvalue weighted by molar-refractivity contribution is 5.78. The predicted octanol–water partition coefficient (Wildman–Crippen LogP) is 2.34. The van der Waals surface area contributed by atoms with Crippen LogP contribution in [0, 0.1) is 11.6 Å². The van der Waals surface area contributed by atoms with E-state index in [1.165, 1.54) is 18.4 Å². The van der Waals surface area contributed by atoms with Crippen LogP contribution in [0.4, 0.5) is 8.78 Å². The molecule has 1 aliphatic carbocycles. The zero-order valence-electron chi connectivity index (χ0n) is 11.2. The van der Waals surface area contributed by atoms with E-state index in [4.69, 9.17) is 0 Å². The quantitative estimate of drug-likeness (QED) is 0.920. The Kier molecular flexibility index (Phi) is 3.45. The van der Waals surface area contributed by atoms with Gasteiger partial charge in [-0.2, -0.15) is 0 Å². The van der Waals surface area contributed by atoms with E-state index in [9.17, 15) is 13.6 Å². The molecule has 21 heavy (non-hydrogen) atoms. The number of hydrogen-bond donors (Lipinski definition) is 1. The van der Waals surface area contributed by atoms with Gasteiger partial charge in [-0.15, -0.1) is 0 Å². The SMILES string of the molecule is O=C(Cc1ccon1)NCC1(c2ccc(F)cc2F)CC1. The number of amides is 1. The van der Waals surface area contributed by atoms with E-state index in [0.717, 1.165) is 18.9 Å². The standard InChI is InChI=1S/C15H14F2N2O2/c16-10-1-2-12(13(17)7-10)15(4-5-15)9-18-14(20)8-11-3-6-21-19-11/h1-3,6-7H,4-5,8-9H2,(H,18,20). The monoisotopic (exact) mass is 292 g/mol. The molecule has 3 rings (SSSR count). The smallest absolute Gasteiger partial charge is 0.226 e. The summed E-state index contributed by atoms with van der Waals surface area (Å²) >= 11 is 0. The van der Waals surface area contributed by atoms with Crippen LogP contribution in [-0.2, 0) is 16.6 Å². The van der Waals surface area contributed by atoms with Gasteiger partial charge in [0.2, 0.25) is 5.91 Å². The molecule has 0 spiro atoms. The van der Waals surface area contributed by atoms with Crippen molar-refractivity contribution in [1.82, 2.24) is 10.5 Å². The van der Waals surface area contributed by atoms with Crippen LogP contribution in [0.2, 0.25) is 0 Å². The molecule has 0 aliphatic heterocycles. The van der Waals surface area contributed by atoms with E-state index in [2.05, 4.69) is 15.0 Å². The number of benzene rings is 1. The first-order chi connectivity index (χ1) is 10.1. The van der Waals surface area contributed by atoms with Crippen molar-refractivity contribution in [3.63, 3.8) is 0 Å². The number of nitrogens with one attached hydrogen (secondary N) is 1. The number of carbonyl (C=O) groups is 1. The highest BCUT2D eigenvalue weighted by Gasteiger charge is 2.46. The second-order valence-electron chi connectivity index (χ2n) is 5.35. The third-order valence-electron chi connectivity index (χ3n) is 3.81. The Balaban J connectivity index is 1.63. The van der Waals surface area contributed by atoms with Crippen LogP contribution in [0.5, 0.6) is 0 Å². The highest BCUT2D eigenvalue weighted by Crippen LogP contribution is 2.48. The molecule has 110 valence electrons. The fraction of sp³-hybridized carbons (Fsp3) is 0.333. The zero-order valence-corrected chi connectivity index (χ0v) is 11.2. The van der Waals surface area contributed by atoms with Crippen LogP contribution in [0.15, 0.2) is 35.1 Å². The molecule has 4 nitrogen and oxygen atoms in total. The Morgan fingerprint density at radius 3 is 2.76 bits per heavy atom. The summed E-state index contributed by atoms with van der Waals surface area (Å²) in [4.78, 5) is 11.8. The first kappa shape index (κ1) is 13.7. The third-order valence-corrected chi connectivity index (χ3v) is 3.81. The van der Waals surface area contributed by atoms with Crippen molar-refractivity contribution in [3.05, 3.63) is 53.4 Å². The molecule has 6 heteroatoms. The second-order valence-corrected chi connectivity index (χ2v) is 5.35. The number of nitrogens with zero attached hydrogens (tertiary/aromatic N) is 1. The molecule has 1 heterocycles. The zero-order chi connectivity index (χ0) is 14.9. The molecule has 0 unspecified atom stereocenters. The Labute approximate surface area is 120 Å². The summed E-state index contributed by atoms with van der Waals surface area (Å²) in [6.45, 7) is 0.340. The molecule has 0 bridgehead atoms. The van der Waals surface area contributed by atoms with E-state index < -0.39 is 17.0 Å². The number of halogens is 2. The van der Waals surface area contributed by atoms with Crippen molar-refractivity contribution in [3.8, 4) is 0 Å². The van der Waals surface area contributed by atoms with Gasteiger partial charge >= 0.3 is 0 Å². The number of rotatable bonds is 5. The van der Waals surface area contributed by atoms with Crippen molar-refractivity contribution < 1.29 is 18.1 Å². The third kappa shape index (κ3) is 2.94. The van der Waals surface area contributed by atoms with Crippen molar-refractivity contribution in [2.75, 3.05) is 6.54 Å². The summed E-state index contributed by atoms with van der Waals surface area (Å²) in [5.41, 5.74) is 0.605. The molecule has 1 N–H and O–H groups in total. The molecule has 1 aliphatic rings. The maximum Gasteiger partial charge on any atom is 0.226 e. The molecule has 1 amide bonds. The summed E-state index contributed by atoms with van der Waals surface area (Å²) in [7, 11) is 0. The van der Waals surface area contributed by atoms with Crippen molar-refractivity contribution in [1.29, 1.82) is 0 Å². The fourth-order valence-corrected chi connectivity index (χ4v) is 2.44. The van der Waals surface area contributed by atoms with Gasteiger partial charge in [0.15, 0.2) is 0 Å². The molecular weight excluding hydrogens is 278 g/mol. The Bertz CT molecular complexity index is 652. The number of hydrogen-bond acceptors (Lipinski definition) is 3. The van der Waals surface area contributed by atoms with E-state index in [1.807, 2.05) is 0 Å². The lowest BCUT2D eigenvalue weighted by Crippen LogP contribution is -2.33. The largest absolute Gasteiger partial charge is 0.364 e. The molecule has 2 aromatic rings. The van der Waals surface area contributed by atoms with Gasteiger partial charge in [-0.1, -0.05) is 11.2 Å². The minimum Gasteiger partial charge on any atom is -0.364 e. The van der Waals surface area contributed by atoms with E-state index in [1.54, 1.807) is 6.07 Å². The van der Waals surface area contributed by atoms with Crippen LogP contribution < -0.4 is 5.32 Å². The number of aromatic nitrogens is 1. The average Bonchev–Trinajstić information content (AvgIpc) is 3.05. The summed E-state index contributed by atoms with van der Waals surface area (Å²) < 4.78 is 31.5. The van der Waals surface area contributed by atoms with Gasteiger partial charge < -0.3 is 9.84 Å². The lowest BCUT2D eigenvalue weighted by atomic mass is 9.95. The maximum absolute atomic E-state index is 13.8. The van der Waals surface area contributed by atoms with Crippen molar-refractivity contribution in [2.45, 2.75) is 24.7 Å². The lowest BCUT2D eigenvalue weighted by molar-refractivity contribution is -0.120. The van der Waals surface area contributed by atoms with E-state index in [-0.39, 0.29) is 12.3 Å². The maximum atomic E-state index is 13.8. The summed E-state index contributed by atoms with van der Waals surface area (Å²) in [5, 5.41) is 6.44. The van der Waals surface area contributed by atoms with E-state index in [0.29, 0.717) is 17.8 Å². The van der Waals surface area contributed by atoms with Gasteiger partial charge in [0.05, 0.1) is 12.1 Å². The molecule has 0 saturated heterocycles. The lowest BCUT2D eigenvalue weighted by Gasteiger charge is -2.17. The average molecular weight is 292 g/mol. The molecule has 0 atom stereocenters. The summed E-state index contributed by atoms with van der Waals surface area (Å²) in [6, 6.07) is 5.20. The second kappa shape index (κ2) is 5.27. The first-order valence-electron chi connectivity index (χ1n) is 6.71. The van der Waals surface area contributed by atoms with Crippen LogP contribution >= 0.6 is 0 Å². The predicted molar refractivity (Wildman–Crippen MR) is 70.5 cm³/mol. The Hall–Kier alpha value is -2.24. The molecule has 1 aromatic heterocycles. The van der Waals surface area contributed by atoms with Crippen LogP contribution in [-0.4, -0.2) is 17.6 Å². The van der Waals surface area contributed by atoms with Gasteiger partial charge in [-0.05, 0) is 24.5 Å². The highest BCUT2D eigenvalue weighted by atomic mass is 19.1. The van der Waals surface area contributed by atoms with Crippen LogP contribution in [0.25, 0.3) is 0 Å². The Morgan fingerprint density at radius 2 is 2.14 bits per heavy atom. The van der Waals surface area contributed by atoms with Crippen molar-refractivity contribution in [2.24, 2.45) is 0 Å². The van der Waals surface area contributed by atoms with Gasteiger partial charge in [-0.3, -0.25) is 4.79 Å².